The van der Waals surface area contributed by atoms with E-state index in [0.717, 1.165) is 30.6 Å². The van der Waals surface area contributed by atoms with E-state index in [4.69, 9.17) is 14.2 Å². The average Bonchev–Trinajstić information content (AvgIpc) is 3.65. The first-order valence-electron chi connectivity index (χ1n) is 11.8. The molecule has 1 atom stereocenters. The molecule has 1 aliphatic carbocycles. The van der Waals surface area contributed by atoms with E-state index in [2.05, 4.69) is 5.32 Å². The number of nitrogens with one attached hydrogen (secondary N) is 1. The van der Waals surface area contributed by atoms with E-state index >= 15 is 0 Å². The maximum absolute atomic E-state index is 13.8. The highest BCUT2D eigenvalue weighted by molar-refractivity contribution is 7.10. The second kappa shape index (κ2) is 10.4. The summed E-state index contributed by atoms with van der Waals surface area (Å²) in [5.41, 5.74) is 1.29. The van der Waals surface area contributed by atoms with Gasteiger partial charge in [-0.2, -0.15) is 0 Å². The van der Waals surface area contributed by atoms with Crippen LogP contribution in [0.5, 0.6) is 17.2 Å². The number of ether oxygens (including phenoxy) is 3. The molecule has 0 bridgehead atoms. The molecule has 1 saturated carbocycles. The van der Waals surface area contributed by atoms with Crippen LogP contribution in [-0.4, -0.2) is 31.8 Å². The number of thiophene rings is 1. The van der Waals surface area contributed by atoms with Gasteiger partial charge in [0.05, 0.1) is 13.5 Å². The lowest BCUT2D eigenvalue weighted by Gasteiger charge is -2.32. The number of rotatable bonds is 8. The van der Waals surface area contributed by atoms with Gasteiger partial charge >= 0.3 is 0 Å². The lowest BCUT2D eigenvalue weighted by molar-refractivity contribution is -0.127. The molecule has 0 spiro atoms. The monoisotopic (exact) mass is 492 g/mol. The third-order valence-corrected chi connectivity index (χ3v) is 7.32. The van der Waals surface area contributed by atoms with Crippen LogP contribution in [0.3, 0.4) is 0 Å². The SMILES string of the molecule is COc1ccc(C(C(=O)NC2CCCC2)N(C(=O)Cc2cccs2)c2ccc3c(c2)OCO3)cc1. The van der Waals surface area contributed by atoms with Crippen molar-refractivity contribution in [2.75, 3.05) is 18.8 Å². The minimum atomic E-state index is -0.852. The van der Waals surface area contributed by atoms with E-state index < -0.39 is 6.04 Å². The maximum Gasteiger partial charge on any atom is 0.248 e. The second-order valence-corrected chi connectivity index (χ2v) is 9.76. The fourth-order valence-electron chi connectivity index (χ4n) is 4.67. The van der Waals surface area contributed by atoms with Crippen LogP contribution < -0.4 is 24.4 Å². The standard InChI is InChI=1S/C27H28N2O5S/c1-32-21-11-8-18(9-12-21)26(27(31)28-19-5-2-3-6-19)29(25(30)16-22-7-4-14-35-22)20-10-13-23-24(15-20)34-17-33-23/h4,7-15,19,26H,2-3,5-6,16-17H2,1H3,(H,28,31). The largest absolute Gasteiger partial charge is 0.497 e. The number of nitrogens with zero attached hydrogens (tertiary/aromatic N) is 1. The van der Waals surface area contributed by atoms with E-state index in [-0.39, 0.29) is 31.1 Å². The second-order valence-electron chi connectivity index (χ2n) is 8.72. The van der Waals surface area contributed by atoms with E-state index in [1.165, 1.54) is 11.3 Å². The first-order chi connectivity index (χ1) is 17.1. The number of methoxy groups -OCH3 is 1. The zero-order valence-corrected chi connectivity index (χ0v) is 20.4. The summed E-state index contributed by atoms with van der Waals surface area (Å²) in [6.45, 7) is 0.131. The van der Waals surface area contributed by atoms with Crippen LogP contribution in [0.25, 0.3) is 0 Å². The summed E-state index contributed by atoms with van der Waals surface area (Å²) in [5, 5.41) is 5.15. The summed E-state index contributed by atoms with van der Waals surface area (Å²) in [7, 11) is 1.60. The lowest BCUT2D eigenvalue weighted by Crippen LogP contribution is -2.46. The minimum Gasteiger partial charge on any atom is -0.497 e. The Balaban J connectivity index is 1.56. The molecule has 0 radical (unpaired) electrons. The highest BCUT2D eigenvalue weighted by atomic mass is 32.1. The Labute approximate surface area is 208 Å². The van der Waals surface area contributed by atoms with Crippen LogP contribution in [-0.2, 0) is 16.0 Å². The molecule has 2 aliphatic rings. The van der Waals surface area contributed by atoms with Gasteiger partial charge in [0, 0.05) is 22.7 Å². The predicted octanol–water partition coefficient (Wildman–Crippen LogP) is 4.86. The summed E-state index contributed by atoms with van der Waals surface area (Å²) < 4.78 is 16.4. The van der Waals surface area contributed by atoms with Crippen LogP contribution in [0.4, 0.5) is 5.69 Å². The number of hydrogen-bond acceptors (Lipinski definition) is 6. The molecule has 3 aromatic rings. The minimum absolute atomic E-state index is 0.120. The summed E-state index contributed by atoms with van der Waals surface area (Å²) in [6.07, 6.45) is 4.29. The molecule has 2 heterocycles. The highest BCUT2D eigenvalue weighted by Crippen LogP contribution is 2.39. The number of benzene rings is 2. The third-order valence-electron chi connectivity index (χ3n) is 6.45. The van der Waals surface area contributed by atoms with Crippen molar-refractivity contribution in [3.8, 4) is 17.2 Å². The average molecular weight is 493 g/mol. The molecule has 1 aliphatic heterocycles. The van der Waals surface area contributed by atoms with Crippen LogP contribution >= 0.6 is 11.3 Å². The number of amides is 2. The van der Waals surface area contributed by atoms with Gasteiger partial charge < -0.3 is 19.5 Å². The number of carbonyl (C=O) groups excluding carboxylic acids is 2. The van der Waals surface area contributed by atoms with Crippen LogP contribution in [0, 0.1) is 0 Å². The van der Waals surface area contributed by atoms with Gasteiger partial charge in [-0.1, -0.05) is 31.0 Å². The van der Waals surface area contributed by atoms with Crippen LogP contribution in [0.1, 0.15) is 42.2 Å². The van der Waals surface area contributed by atoms with Crippen molar-refractivity contribution < 1.29 is 23.8 Å². The molecule has 1 N–H and O–H groups in total. The van der Waals surface area contributed by atoms with Gasteiger partial charge in [-0.25, -0.2) is 0 Å². The quantitative estimate of drug-likeness (QED) is 0.486. The summed E-state index contributed by atoms with van der Waals surface area (Å²) in [6, 6.07) is 15.8. The van der Waals surface area contributed by atoms with Crippen molar-refractivity contribution >= 4 is 28.8 Å². The van der Waals surface area contributed by atoms with E-state index in [9.17, 15) is 9.59 Å². The number of anilines is 1. The Morgan fingerprint density at radius 1 is 1.09 bits per heavy atom. The van der Waals surface area contributed by atoms with Crippen molar-refractivity contribution in [1.82, 2.24) is 5.32 Å². The molecule has 5 rings (SSSR count). The topological polar surface area (TPSA) is 77.1 Å². The summed E-state index contributed by atoms with van der Waals surface area (Å²) in [4.78, 5) is 30.2. The molecule has 35 heavy (non-hydrogen) atoms. The molecule has 1 fully saturated rings. The van der Waals surface area contributed by atoms with Crippen LogP contribution in [0.15, 0.2) is 60.0 Å². The van der Waals surface area contributed by atoms with E-state index in [1.807, 2.05) is 41.8 Å². The van der Waals surface area contributed by atoms with Gasteiger partial charge in [-0.3, -0.25) is 14.5 Å². The van der Waals surface area contributed by atoms with Crippen molar-refractivity contribution in [2.45, 2.75) is 44.2 Å². The fourth-order valence-corrected chi connectivity index (χ4v) is 5.37. The molecular weight excluding hydrogens is 464 g/mol. The third kappa shape index (κ3) is 5.12. The normalized spacial score (nSPS) is 15.6. The van der Waals surface area contributed by atoms with Crippen LogP contribution in [0.2, 0.25) is 0 Å². The van der Waals surface area contributed by atoms with Gasteiger partial charge in [-0.15, -0.1) is 11.3 Å². The number of fused-ring (bicyclic) bond motifs is 1. The van der Waals surface area contributed by atoms with Gasteiger partial charge in [-0.05, 0) is 54.1 Å². The molecule has 2 aromatic carbocycles. The summed E-state index contributed by atoms with van der Waals surface area (Å²) >= 11 is 1.52. The van der Waals surface area contributed by atoms with Gasteiger partial charge in [0.1, 0.15) is 11.8 Å². The predicted molar refractivity (Wildman–Crippen MR) is 134 cm³/mol. The first kappa shape index (κ1) is 23.2. The molecule has 7 nitrogen and oxygen atoms in total. The molecule has 0 saturated heterocycles. The van der Waals surface area contributed by atoms with Gasteiger partial charge in [0.2, 0.25) is 18.6 Å². The molecule has 182 valence electrons. The van der Waals surface area contributed by atoms with Crippen molar-refractivity contribution in [1.29, 1.82) is 0 Å². The lowest BCUT2D eigenvalue weighted by atomic mass is 10.0. The highest BCUT2D eigenvalue weighted by Gasteiger charge is 2.35. The van der Waals surface area contributed by atoms with Crippen molar-refractivity contribution in [3.05, 3.63) is 70.4 Å². The zero-order chi connectivity index (χ0) is 24.2. The Kier molecular flexibility index (Phi) is 6.90. The van der Waals surface area contributed by atoms with Crippen molar-refractivity contribution in [3.63, 3.8) is 0 Å². The molecule has 2 amide bonds. The van der Waals surface area contributed by atoms with E-state index in [1.54, 1.807) is 30.2 Å². The Hall–Kier alpha value is -3.52. The first-order valence-corrected chi connectivity index (χ1v) is 12.7. The zero-order valence-electron chi connectivity index (χ0n) is 19.6. The molecule has 8 heteroatoms. The molecule has 1 unspecified atom stereocenters. The summed E-state index contributed by atoms with van der Waals surface area (Å²) in [5.74, 6) is 1.49. The molecular formula is C27H28N2O5S. The van der Waals surface area contributed by atoms with Crippen molar-refractivity contribution in [2.24, 2.45) is 0 Å². The number of hydrogen-bond donors (Lipinski definition) is 1. The Morgan fingerprint density at radius 3 is 2.57 bits per heavy atom. The number of carbonyl (C=O) groups is 2. The van der Waals surface area contributed by atoms with Gasteiger partial charge in [0.25, 0.3) is 0 Å². The molecule has 1 aromatic heterocycles. The van der Waals surface area contributed by atoms with E-state index in [0.29, 0.717) is 28.5 Å². The smallest absolute Gasteiger partial charge is 0.248 e. The fraction of sp³-hybridized carbons (Fsp3) is 0.333. The Morgan fingerprint density at radius 2 is 1.86 bits per heavy atom. The maximum atomic E-state index is 13.8. The Bertz CT molecular complexity index is 1170. The van der Waals surface area contributed by atoms with Gasteiger partial charge in [0.15, 0.2) is 11.5 Å².